The van der Waals surface area contributed by atoms with Gasteiger partial charge in [0.05, 0.1) is 6.61 Å². The number of nitrogens with zero attached hydrogens (tertiary/aromatic N) is 1. The molecule has 1 aliphatic rings. The number of hydrogen-bond acceptors (Lipinski definition) is 5. The fourth-order valence-electron chi connectivity index (χ4n) is 2.25. The Labute approximate surface area is 158 Å². The van der Waals surface area contributed by atoms with Gasteiger partial charge in [-0.2, -0.15) is 13.2 Å². The van der Waals surface area contributed by atoms with Crippen LogP contribution in [-0.4, -0.2) is 53.9 Å². The molecule has 1 atom stereocenters. The van der Waals surface area contributed by atoms with Crippen molar-refractivity contribution in [1.29, 1.82) is 0 Å². The number of aliphatic carboxylic acids is 1. The van der Waals surface area contributed by atoms with Gasteiger partial charge in [-0.05, 0) is 23.3 Å². The lowest BCUT2D eigenvalue weighted by Gasteiger charge is -2.22. The van der Waals surface area contributed by atoms with Crippen LogP contribution >= 0.6 is 0 Å². The van der Waals surface area contributed by atoms with E-state index in [-0.39, 0.29) is 5.91 Å². The third-order valence-electron chi connectivity index (χ3n) is 3.58. The average molecular weight is 397 g/mol. The molecule has 0 saturated carbocycles. The Hall–Kier alpha value is -2.98. The molecular weight excluding hydrogens is 379 g/mol. The third kappa shape index (κ3) is 6.63. The second-order valence-electron chi connectivity index (χ2n) is 5.65. The van der Waals surface area contributed by atoms with Crippen molar-refractivity contribution >= 4 is 17.7 Å². The van der Waals surface area contributed by atoms with Crippen LogP contribution in [0.25, 0.3) is 11.1 Å². The Morgan fingerprint density at radius 2 is 1.86 bits per heavy atom. The number of hydrogen-bond donors (Lipinski definition) is 3. The summed E-state index contributed by atoms with van der Waals surface area (Å²) in [6.07, 6.45) is -3.85. The molecule has 10 heteroatoms. The Balaban J connectivity index is 0.000000345. The molecule has 3 N–H and O–H groups in total. The highest BCUT2D eigenvalue weighted by molar-refractivity contribution is 5.94. The first-order valence-electron chi connectivity index (χ1n) is 8.22. The number of alkyl halides is 3. The summed E-state index contributed by atoms with van der Waals surface area (Å²) in [6, 6.07) is 13.8. The Kier molecular flexibility index (Phi) is 7.47. The van der Waals surface area contributed by atoms with Crippen molar-refractivity contribution in [2.45, 2.75) is 12.3 Å². The van der Waals surface area contributed by atoms with E-state index >= 15 is 0 Å². The molecule has 1 aromatic heterocycles. The molecular formula is C18H18F3N3O4. The van der Waals surface area contributed by atoms with E-state index in [1.54, 1.807) is 6.20 Å². The van der Waals surface area contributed by atoms with Gasteiger partial charge >= 0.3 is 12.1 Å². The molecule has 7 nitrogen and oxygen atoms in total. The van der Waals surface area contributed by atoms with Crippen LogP contribution in [0.1, 0.15) is 0 Å². The first-order valence-corrected chi connectivity index (χ1v) is 8.22. The van der Waals surface area contributed by atoms with E-state index in [4.69, 9.17) is 14.6 Å². The molecule has 0 aliphatic carbocycles. The lowest BCUT2D eigenvalue weighted by Crippen LogP contribution is -2.45. The predicted octanol–water partition coefficient (Wildman–Crippen LogP) is 2.31. The zero-order valence-corrected chi connectivity index (χ0v) is 14.6. The molecule has 0 spiro atoms. The van der Waals surface area contributed by atoms with E-state index in [2.05, 4.69) is 15.6 Å². The highest BCUT2D eigenvalue weighted by Gasteiger charge is 2.38. The number of carboxylic acids is 1. The highest BCUT2D eigenvalue weighted by atomic mass is 19.4. The number of carbonyl (C=O) groups is 2. The molecule has 1 aliphatic heterocycles. The van der Waals surface area contributed by atoms with Gasteiger partial charge in [0.2, 0.25) is 0 Å². The van der Waals surface area contributed by atoms with Crippen LogP contribution in [0.5, 0.6) is 0 Å². The zero-order valence-electron chi connectivity index (χ0n) is 14.6. The fraction of sp³-hybridized carbons (Fsp3) is 0.278. The average Bonchev–Trinajstić information content (AvgIpc) is 2.69. The lowest BCUT2D eigenvalue weighted by atomic mass is 10.1. The molecule has 3 rings (SSSR count). The zero-order chi connectivity index (χ0) is 20.6. The molecule has 1 saturated heterocycles. The Morgan fingerprint density at radius 3 is 2.43 bits per heavy atom. The smallest absolute Gasteiger partial charge is 0.475 e. The van der Waals surface area contributed by atoms with Crippen LogP contribution in [0.2, 0.25) is 0 Å². The van der Waals surface area contributed by atoms with Crippen molar-refractivity contribution in [3.8, 4) is 11.1 Å². The van der Waals surface area contributed by atoms with Gasteiger partial charge in [-0.15, -0.1) is 0 Å². The van der Waals surface area contributed by atoms with Crippen molar-refractivity contribution < 1.29 is 32.6 Å². The summed E-state index contributed by atoms with van der Waals surface area (Å²) in [5.41, 5.74) is 2.11. The molecule has 1 fully saturated rings. The van der Waals surface area contributed by atoms with E-state index in [0.29, 0.717) is 19.0 Å². The monoisotopic (exact) mass is 397 g/mol. The van der Waals surface area contributed by atoms with E-state index in [0.717, 1.165) is 17.7 Å². The van der Waals surface area contributed by atoms with Gasteiger partial charge in [0, 0.05) is 19.3 Å². The minimum absolute atomic E-state index is 0.167. The van der Waals surface area contributed by atoms with Gasteiger partial charge < -0.3 is 20.5 Å². The predicted molar refractivity (Wildman–Crippen MR) is 94.6 cm³/mol. The van der Waals surface area contributed by atoms with E-state index < -0.39 is 18.2 Å². The van der Waals surface area contributed by atoms with Crippen LogP contribution in [-0.2, 0) is 14.3 Å². The number of anilines is 1. The number of morpholine rings is 1. The Bertz CT molecular complexity index is 794. The van der Waals surface area contributed by atoms with Gasteiger partial charge in [-0.3, -0.25) is 4.79 Å². The maximum atomic E-state index is 12.1. The summed E-state index contributed by atoms with van der Waals surface area (Å²) in [5.74, 6) is -2.39. The summed E-state index contributed by atoms with van der Waals surface area (Å²) in [4.78, 5) is 25.2. The number of benzene rings is 1. The molecule has 28 heavy (non-hydrogen) atoms. The van der Waals surface area contributed by atoms with Crippen LogP contribution in [0.3, 0.4) is 0 Å². The molecule has 0 radical (unpaired) electrons. The van der Waals surface area contributed by atoms with Gasteiger partial charge in [-0.25, -0.2) is 9.78 Å². The molecule has 150 valence electrons. The molecule has 1 aromatic carbocycles. The first-order chi connectivity index (χ1) is 13.3. The number of pyridine rings is 1. The molecule has 2 heterocycles. The van der Waals surface area contributed by atoms with Crippen LogP contribution in [0, 0.1) is 0 Å². The molecule has 0 unspecified atom stereocenters. The van der Waals surface area contributed by atoms with Crippen molar-refractivity contribution in [2.24, 2.45) is 0 Å². The van der Waals surface area contributed by atoms with Crippen molar-refractivity contribution in [3.63, 3.8) is 0 Å². The minimum Gasteiger partial charge on any atom is -0.475 e. The maximum Gasteiger partial charge on any atom is 0.490 e. The topological polar surface area (TPSA) is 101 Å². The van der Waals surface area contributed by atoms with Crippen LogP contribution in [0.4, 0.5) is 19.0 Å². The van der Waals surface area contributed by atoms with Gasteiger partial charge in [0.25, 0.3) is 5.91 Å². The summed E-state index contributed by atoms with van der Waals surface area (Å²) in [5, 5.41) is 13.1. The third-order valence-corrected chi connectivity index (χ3v) is 3.58. The molecule has 2 aromatic rings. The standard InChI is InChI=1S/C16H17N3O2.C2HF3O2/c20-16(14-11-17-8-9-21-14)19-15-10-13(6-7-18-15)12-4-2-1-3-5-12;3-2(4,5)1(6)7/h1-7,10,14,17H,8-9,11H2,(H,18,19,20);(H,6,7)/t14-;/m1./s1. The number of halogens is 3. The number of carbonyl (C=O) groups excluding carboxylic acids is 1. The SMILES string of the molecule is O=C(Nc1cc(-c2ccccc2)ccn1)[C@H]1CNCCO1.O=C(O)C(F)(F)F. The van der Waals surface area contributed by atoms with Gasteiger partial charge in [0.15, 0.2) is 0 Å². The van der Waals surface area contributed by atoms with Gasteiger partial charge in [-0.1, -0.05) is 30.3 Å². The fourth-order valence-corrected chi connectivity index (χ4v) is 2.25. The number of amides is 1. The second-order valence-corrected chi connectivity index (χ2v) is 5.65. The van der Waals surface area contributed by atoms with Crippen LogP contribution < -0.4 is 10.6 Å². The minimum atomic E-state index is -5.08. The van der Waals surface area contributed by atoms with Crippen molar-refractivity contribution in [2.75, 3.05) is 25.0 Å². The summed E-state index contributed by atoms with van der Waals surface area (Å²) in [6.45, 7) is 1.87. The normalized spacial score (nSPS) is 16.5. The summed E-state index contributed by atoms with van der Waals surface area (Å²) in [7, 11) is 0. The molecule has 1 amide bonds. The number of nitrogens with one attached hydrogen (secondary N) is 2. The van der Waals surface area contributed by atoms with E-state index in [1.165, 1.54) is 0 Å². The van der Waals surface area contributed by atoms with Crippen LogP contribution in [0.15, 0.2) is 48.7 Å². The first kappa shape index (κ1) is 21.3. The Morgan fingerprint density at radius 1 is 1.18 bits per heavy atom. The second kappa shape index (κ2) is 9.81. The maximum absolute atomic E-state index is 12.1. The number of aromatic nitrogens is 1. The summed E-state index contributed by atoms with van der Waals surface area (Å²) < 4.78 is 37.2. The van der Waals surface area contributed by atoms with Crippen molar-refractivity contribution in [1.82, 2.24) is 10.3 Å². The largest absolute Gasteiger partial charge is 0.490 e. The van der Waals surface area contributed by atoms with E-state index in [9.17, 15) is 18.0 Å². The van der Waals surface area contributed by atoms with E-state index in [1.807, 2.05) is 42.5 Å². The lowest BCUT2D eigenvalue weighted by molar-refractivity contribution is -0.192. The van der Waals surface area contributed by atoms with Gasteiger partial charge in [0.1, 0.15) is 11.9 Å². The quantitative estimate of drug-likeness (QED) is 0.735. The number of ether oxygens (including phenoxy) is 1. The number of rotatable bonds is 3. The molecule has 0 bridgehead atoms. The number of carboxylic acid groups (broad SMARTS) is 1. The van der Waals surface area contributed by atoms with Crippen molar-refractivity contribution in [3.05, 3.63) is 48.7 Å². The summed E-state index contributed by atoms with van der Waals surface area (Å²) >= 11 is 0. The highest BCUT2D eigenvalue weighted by Crippen LogP contribution is 2.20.